The summed E-state index contributed by atoms with van der Waals surface area (Å²) < 4.78 is 4.83. The van der Waals surface area contributed by atoms with Crippen LogP contribution >= 0.6 is 0 Å². The van der Waals surface area contributed by atoms with Crippen LogP contribution < -0.4 is 0 Å². The molecule has 3 heterocycles. The summed E-state index contributed by atoms with van der Waals surface area (Å²) in [4.78, 5) is 16.3. The maximum absolute atomic E-state index is 5.54. The normalized spacial score (nSPS) is 12.0. The molecule has 13 aromatic rings. The molecule has 0 aliphatic heterocycles. The van der Waals surface area contributed by atoms with E-state index >= 15 is 0 Å². The van der Waals surface area contributed by atoms with Crippen LogP contribution in [-0.2, 0) is 0 Å². The van der Waals surface area contributed by atoms with Crippen LogP contribution in [0.4, 0.5) is 0 Å². The van der Waals surface area contributed by atoms with Crippen molar-refractivity contribution in [1.29, 1.82) is 0 Å². The van der Waals surface area contributed by atoms with E-state index < -0.39 is 0 Å². The van der Waals surface area contributed by atoms with Crippen molar-refractivity contribution in [2.75, 3.05) is 0 Å². The molecule has 342 valence electrons. The lowest BCUT2D eigenvalue weighted by molar-refractivity contribution is 0.779. The molecule has 0 N–H and O–H groups in total. The minimum absolute atomic E-state index is 0.129. The third-order valence-electron chi connectivity index (χ3n) is 14.5. The van der Waals surface area contributed by atoms with Crippen LogP contribution in [0.15, 0.2) is 243 Å². The first-order chi connectivity index (χ1) is 35.6. The number of rotatable bonds is 10. The van der Waals surface area contributed by atoms with Gasteiger partial charge in [0, 0.05) is 44.2 Å². The highest BCUT2D eigenvalue weighted by Crippen LogP contribution is 2.48. The minimum atomic E-state index is 0.129. The molecule has 0 bridgehead atoms. The molecule has 0 spiro atoms. The zero-order valence-corrected chi connectivity index (χ0v) is 40.1. The van der Waals surface area contributed by atoms with Crippen LogP contribution in [0.3, 0.4) is 0 Å². The minimum Gasteiger partial charge on any atom is -0.307 e. The zero-order valence-electron chi connectivity index (χ0n) is 40.1. The van der Waals surface area contributed by atoms with Crippen molar-refractivity contribution in [2.24, 2.45) is 0 Å². The number of benzene rings is 10. The predicted molar refractivity (Wildman–Crippen MR) is 299 cm³/mol. The van der Waals surface area contributed by atoms with Gasteiger partial charge in [-0.15, -0.1) is 0 Å². The van der Waals surface area contributed by atoms with E-state index in [1.165, 1.54) is 49.7 Å². The first-order valence-electron chi connectivity index (χ1n) is 24.9. The van der Waals surface area contributed by atoms with E-state index in [0.29, 0.717) is 17.6 Å². The van der Waals surface area contributed by atoms with Crippen molar-refractivity contribution in [1.82, 2.24) is 24.1 Å². The molecule has 0 amide bonds. The molecule has 5 heteroatoms. The van der Waals surface area contributed by atoms with Gasteiger partial charge in [0.15, 0.2) is 11.6 Å². The summed E-state index contributed by atoms with van der Waals surface area (Å²) in [5.41, 5.74) is 18.0. The lowest BCUT2D eigenvalue weighted by Crippen LogP contribution is -2.10. The molecule has 0 radical (unpaired) electrons. The second-order valence-corrected chi connectivity index (χ2v) is 18.7. The molecule has 1 atom stereocenters. The summed E-state index contributed by atoms with van der Waals surface area (Å²) in [5.74, 6) is 1.88. The monoisotopic (exact) mass is 923 g/mol. The molecule has 72 heavy (non-hydrogen) atoms. The Balaban J connectivity index is 1.14. The first-order valence-corrected chi connectivity index (χ1v) is 24.9. The van der Waals surface area contributed by atoms with Gasteiger partial charge >= 0.3 is 0 Å². The Morgan fingerprint density at radius 1 is 0.389 bits per heavy atom. The molecular formula is C67H49N5. The summed E-state index contributed by atoms with van der Waals surface area (Å²) in [6, 6.07) is 87.0. The van der Waals surface area contributed by atoms with Crippen molar-refractivity contribution < 1.29 is 0 Å². The van der Waals surface area contributed by atoms with E-state index in [1.807, 2.05) is 18.2 Å². The second kappa shape index (κ2) is 18.0. The summed E-state index contributed by atoms with van der Waals surface area (Å²) >= 11 is 0. The summed E-state index contributed by atoms with van der Waals surface area (Å²) in [5, 5.41) is 4.64. The van der Waals surface area contributed by atoms with Crippen LogP contribution in [0.1, 0.15) is 36.0 Å². The Kier molecular flexibility index (Phi) is 10.7. The smallest absolute Gasteiger partial charge is 0.238 e. The quantitative estimate of drug-likeness (QED) is 0.137. The van der Waals surface area contributed by atoms with E-state index in [0.717, 1.165) is 67.2 Å². The summed E-state index contributed by atoms with van der Waals surface area (Å²) in [6.07, 6.45) is 0.926. The number of para-hydroxylation sites is 3. The highest BCUT2D eigenvalue weighted by molar-refractivity contribution is 6.17. The summed E-state index contributed by atoms with van der Waals surface area (Å²) in [7, 11) is 0. The van der Waals surface area contributed by atoms with Crippen molar-refractivity contribution >= 4 is 43.6 Å². The van der Waals surface area contributed by atoms with Gasteiger partial charge in [-0.3, -0.25) is 4.57 Å². The number of nitrogens with zero attached hydrogens (tertiary/aromatic N) is 5. The zero-order chi connectivity index (χ0) is 48.1. The van der Waals surface area contributed by atoms with Gasteiger partial charge in [0.05, 0.1) is 27.8 Å². The van der Waals surface area contributed by atoms with Crippen molar-refractivity contribution in [3.8, 4) is 67.8 Å². The summed E-state index contributed by atoms with van der Waals surface area (Å²) in [6.45, 7) is 4.60. The third-order valence-corrected chi connectivity index (χ3v) is 14.5. The number of aryl methyl sites for hydroxylation is 1. The van der Waals surface area contributed by atoms with Gasteiger partial charge in [-0.05, 0) is 88.2 Å². The molecule has 0 aliphatic carbocycles. The molecule has 0 saturated heterocycles. The van der Waals surface area contributed by atoms with Crippen LogP contribution in [0.25, 0.3) is 111 Å². The van der Waals surface area contributed by atoms with Crippen molar-refractivity contribution in [3.63, 3.8) is 0 Å². The molecule has 3 aromatic heterocycles. The van der Waals surface area contributed by atoms with Gasteiger partial charge in [-0.25, -0.2) is 4.98 Å². The Morgan fingerprint density at radius 3 is 1.49 bits per heavy atom. The lowest BCUT2D eigenvalue weighted by atomic mass is 9.82. The second-order valence-electron chi connectivity index (χ2n) is 18.7. The van der Waals surface area contributed by atoms with Gasteiger partial charge in [-0.2, -0.15) is 9.97 Å². The predicted octanol–water partition coefficient (Wildman–Crippen LogP) is 17.3. The average molecular weight is 924 g/mol. The van der Waals surface area contributed by atoms with Gasteiger partial charge in [-0.1, -0.05) is 219 Å². The van der Waals surface area contributed by atoms with E-state index in [2.05, 4.69) is 247 Å². The molecular weight excluding hydrogens is 875 g/mol. The fourth-order valence-electron chi connectivity index (χ4n) is 11.1. The van der Waals surface area contributed by atoms with Gasteiger partial charge in [0.2, 0.25) is 5.95 Å². The SMILES string of the molecule is CCC(c1ccc(-c2ccccc2)cc1)c1ccccc1-c1c(C)cc2c3ccccc3n(-c3nc(-c4ccccc4)nc(-c4cccc(-c5ccccc5)c4)n3)c2c1-n1c2ccccc2c2ccccc21. The van der Waals surface area contributed by atoms with Crippen LogP contribution in [0.2, 0.25) is 0 Å². The Hall–Kier alpha value is -9.19. The lowest BCUT2D eigenvalue weighted by Gasteiger charge is -2.25. The number of aromatic nitrogens is 5. The van der Waals surface area contributed by atoms with E-state index in [1.54, 1.807) is 0 Å². The van der Waals surface area contributed by atoms with Crippen molar-refractivity contribution in [3.05, 3.63) is 259 Å². The third kappa shape index (κ3) is 7.28. The highest BCUT2D eigenvalue weighted by Gasteiger charge is 2.29. The van der Waals surface area contributed by atoms with Gasteiger partial charge in [0.25, 0.3) is 0 Å². The van der Waals surface area contributed by atoms with E-state index in [-0.39, 0.29) is 5.92 Å². The molecule has 0 aliphatic rings. The topological polar surface area (TPSA) is 48.5 Å². The molecule has 5 nitrogen and oxygen atoms in total. The molecule has 0 fully saturated rings. The largest absolute Gasteiger partial charge is 0.307 e. The number of fused-ring (bicyclic) bond motifs is 6. The molecule has 13 rings (SSSR count). The van der Waals surface area contributed by atoms with E-state index in [4.69, 9.17) is 15.0 Å². The van der Waals surface area contributed by atoms with Crippen molar-refractivity contribution in [2.45, 2.75) is 26.2 Å². The maximum Gasteiger partial charge on any atom is 0.238 e. The Morgan fingerprint density at radius 2 is 0.861 bits per heavy atom. The molecule has 1 unspecified atom stereocenters. The standard InChI is InChI=1S/C67H49N5/c1-3-52(48-40-38-47(39-41-48)45-22-7-4-8-23-45)53-30-13-14-34-57(53)62-44(2)42-58-56-33-17-20-37-61(56)72(63(58)64(62)71-59-35-18-15-31-54(59)55-32-16-19-36-60(55)71)67-69-65(49-26-11-6-12-27-49)68-66(70-67)51-29-21-28-50(43-51)46-24-9-5-10-25-46/h4-43,52H,3H2,1-2H3. The maximum atomic E-state index is 5.54. The van der Waals surface area contributed by atoms with Crippen LogP contribution in [0.5, 0.6) is 0 Å². The van der Waals surface area contributed by atoms with Crippen LogP contribution in [0, 0.1) is 6.92 Å². The molecule has 0 saturated carbocycles. The Labute approximate surface area is 419 Å². The highest BCUT2D eigenvalue weighted by atomic mass is 15.2. The van der Waals surface area contributed by atoms with Crippen LogP contribution in [-0.4, -0.2) is 24.1 Å². The first kappa shape index (κ1) is 42.9. The van der Waals surface area contributed by atoms with Gasteiger partial charge < -0.3 is 4.57 Å². The fraction of sp³-hybridized carbons (Fsp3) is 0.0597. The fourth-order valence-corrected chi connectivity index (χ4v) is 11.1. The average Bonchev–Trinajstić information content (AvgIpc) is 3.97. The van der Waals surface area contributed by atoms with E-state index in [9.17, 15) is 0 Å². The number of hydrogen-bond acceptors (Lipinski definition) is 3. The molecule has 10 aromatic carbocycles. The number of hydrogen-bond donors (Lipinski definition) is 0. The van der Waals surface area contributed by atoms with Gasteiger partial charge in [0.1, 0.15) is 0 Å². The Bertz CT molecular complexity index is 4080.